The molecule has 0 unspecified atom stereocenters. The highest BCUT2D eigenvalue weighted by molar-refractivity contribution is 7.98. The van der Waals surface area contributed by atoms with Crippen molar-refractivity contribution in [3.8, 4) is 0 Å². The number of aromatic nitrogens is 3. The predicted octanol–water partition coefficient (Wildman–Crippen LogP) is 1.97. The number of rotatable bonds is 7. The van der Waals surface area contributed by atoms with Crippen LogP contribution < -0.4 is 0 Å². The van der Waals surface area contributed by atoms with Crippen molar-refractivity contribution in [2.45, 2.75) is 37.6 Å². The molecule has 6 nitrogen and oxygen atoms in total. The van der Waals surface area contributed by atoms with Gasteiger partial charge in [0.25, 0.3) is 0 Å². The minimum absolute atomic E-state index is 0.210. The number of aliphatic hydroxyl groups is 1. The fourth-order valence-corrected chi connectivity index (χ4v) is 3.73. The molecule has 1 fully saturated rings. The molecule has 1 saturated heterocycles. The summed E-state index contributed by atoms with van der Waals surface area (Å²) in [6, 6.07) is 6.51. The van der Waals surface area contributed by atoms with Crippen LogP contribution in [0.2, 0.25) is 0 Å². The fourth-order valence-electron chi connectivity index (χ4n) is 3.42. The van der Waals surface area contributed by atoms with Crippen LogP contribution in [0, 0.1) is 6.92 Å². The van der Waals surface area contributed by atoms with Crippen LogP contribution in [-0.4, -0.2) is 68.4 Å². The summed E-state index contributed by atoms with van der Waals surface area (Å²) in [6.45, 7) is 6.84. The molecule has 2 aromatic heterocycles. The van der Waals surface area contributed by atoms with Crippen molar-refractivity contribution in [1.82, 2.24) is 24.8 Å². The van der Waals surface area contributed by atoms with Gasteiger partial charge in [-0.3, -0.25) is 14.8 Å². The average molecular weight is 374 g/mol. The first-order chi connectivity index (χ1) is 12.7. The molecular weight excluding hydrogens is 346 g/mol. The Morgan fingerprint density at radius 1 is 1.19 bits per heavy atom. The monoisotopic (exact) mass is 373 g/mol. The molecular formula is C19H27N5OS. The standard InChI is InChI=1S/C19H27N5OS/c1-15-4-3-5-17(22-15)13-24-8-7-23(14-18(24)6-9-25)12-16-10-20-19(26-2)21-11-16/h3-5,10-11,18,25H,6-9,12-14H2,1-2H3/t18-/m1/s1. The summed E-state index contributed by atoms with van der Waals surface area (Å²) in [5.41, 5.74) is 3.29. The molecule has 0 spiro atoms. The highest BCUT2D eigenvalue weighted by Gasteiger charge is 2.27. The zero-order chi connectivity index (χ0) is 18.4. The lowest BCUT2D eigenvalue weighted by molar-refractivity contribution is 0.0490. The number of aryl methyl sites for hydroxylation is 1. The van der Waals surface area contributed by atoms with Gasteiger partial charge in [-0.05, 0) is 31.7 Å². The Balaban J connectivity index is 1.61. The topological polar surface area (TPSA) is 65.4 Å². The number of hydrogen-bond donors (Lipinski definition) is 1. The van der Waals surface area contributed by atoms with E-state index in [0.29, 0.717) is 6.04 Å². The maximum absolute atomic E-state index is 9.50. The van der Waals surface area contributed by atoms with Crippen LogP contribution in [-0.2, 0) is 13.1 Å². The van der Waals surface area contributed by atoms with E-state index in [1.165, 1.54) is 0 Å². The molecule has 2 aromatic rings. The second-order valence-corrected chi connectivity index (χ2v) is 7.49. The van der Waals surface area contributed by atoms with Gasteiger partial charge in [-0.25, -0.2) is 9.97 Å². The molecule has 0 aliphatic carbocycles. The predicted molar refractivity (Wildman–Crippen MR) is 104 cm³/mol. The fraction of sp³-hybridized carbons (Fsp3) is 0.526. The number of hydrogen-bond acceptors (Lipinski definition) is 7. The van der Waals surface area contributed by atoms with E-state index in [2.05, 4.69) is 36.9 Å². The molecule has 3 rings (SSSR count). The van der Waals surface area contributed by atoms with Crippen LogP contribution in [0.3, 0.4) is 0 Å². The van der Waals surface area contributed by atoms with Crippen molar-refractivity contribution >= 4 is 11.8 Å². The number of thioether (sulfide) groups is 1. The van der Waals surface area contributed by atoms with Gasteiger partial charge >= 0.3 is 0 Å². The second-order valence-electron chi connectivity index (χ2n) is 6.72. The van der Waals surface area contributed by atoms with Gasteiger partial charge < -0.3 is 5.11 Å². The molecule has 0 aromatic carbocycles. The van der Waals surface area contributed by atoms with Gasteiger partial charge in [0, 0.05) is 69.0 Å². The summed E-state index contributed by atoms with van der Waals surface area (Å²) in [5, 5.41) is 10.3. The van der Waals surface area contributed by atoms with Gasteiger partial charge in [-0.1, -0.05) is 17.8 Å². The number of nitrogens with zero attached hydrogens (tertiary/aromatic N) is 5. The van der Waals surface area contributed by atoms with Crippen LogP contribution in [0.4, 0.5) is 0 Å². The maximum Gasteiger partial charge on any atom is 0.187 e. The summed E-state index contributed by atoms with van der Waals surface area (Å²) >= 11 is 1.56. The van der Waals surface area contributed by atoms with Crippen LogP contribution in [0.25, 0.3) is 0 Å². The highest BCUT2D eigenvalue weighted by Crippen LogP contribution is 2.18. The van der Waals surface area contributed by atoms with E-state index in [9.17, 15) is 5.11 Å². The molecule has 3 heterocycles. The largest absolute Gasteiger partial charge is 0.396 e. The summed E-state index contributed by atoms with van der Waals surface area (Å²) < 4.78 is 0. The SMILES string of the molecule is CSc1ncc(CN2CCN(Cc3cccc(C)n3)[C@H](CCO)C2)cn1. The Morgan fingerprint density at radius 3 is 2.69 bits per heavy atom. The summed E-state index contributed by atoms with van der Waals surface area (Å²) in [4.78, 5) is 18.2. The molecule has 0 amide bonds. The van der Waals surface area contributed by atoms with E-state index in [1.807, 2.05) is 31.6 Å². The van der Waals surface area contributed by atoms with E-state index in [1.54, 1.807) is 11.8 Å². The summed E-state index contributed by atoms with van der Waals surface area (Å²) in [6.07, 6.45) is 6.60. The highest BCUT2D eigenvalue weighted by atomic mass is 32.2. The van der Waals surface area contributed by atoms with Gasteiger partial charge in [-0.2, -0.15) is 0 Å². The van der Waals surface area contributed by atoms with Crippen molar-refractivity contribution < 1.29 is 5.11 Å². The second kappa shape index (κ2) is 9.41. The third-order valence-electron chi connectivity index (χ3n) is 4.73. The van der Waals surface area contributed by atoms with Gasteiger partial charge in [0.05, 0.1) is 5.69 Å². The van der Waals surface area contributed by atoms with Crippen molar-refractivity contribution in [3.63, 3.8) is 0 Å². The van der Waals surface area contributed by atoms with Gasteiger partial charge in [0.1, 0.15) is 0 Å². The van der Waals surface area contributed by atoms with Crippen molar-refractivity contribution in [2.24, 2.45) is 0 Å². The van der Waals surface area contributed by atoms with Crippen molar-refractivity contribution in [1.29, 1.82) is 0 Å². The van der Waals surface area contributed by atoms with Crippen LogP contribution in [0.15, 0.2) is 35.7 Å². The van der Waals surface area contributed by atoms with E-state index >= 15 is 0 Å². The van der Waals surface area contributed by atoms with Crippen molar-refractivity contribution in [3.05, 3.63) is 47.5 Å². The normalized spacial score (nSPS) is 19.0. The van der Waals surface area contributed by atoms with E-state index < -0.39 is 0 Å². The molecule has 140 valence electrons. The minimum atomic E-state index is 0.210. The lowest BCUT2D eigenvalue weighted by atomic mass is 10.1. The lowest BCUT2D eigenvalue weighted by Gasteiger charge is -2.41. The zero-order valence-corrected chi connectivity index (χ0v) is 16.3. The molecule has 1 aliphatic heterocycles. The molecule has 0 bridgehead atoms. The smallest absolute Gasteiger partial charge is 0.187 e. The molecule has 0 saturated carbocycles. The number of aliphatic hydroxyl groups excluding tert-OH is 1. The molecule has 1 aliphatic rings. The molecule has 0 radical (unpaired) electrons. The van der Waals surface area contributed by atoms with Gasteiger partial charge in [0.2, 0.25) is 0 Å². The third-order valence-corrected chi connectivity index (χ3v) is 5.31. The average Bonchev–Trinajstić information content (AvgIpc) is 2.65. The van der Waals surface area contributed by atoms with E-state index in [4.69, 9.17) is 0 Å². The molecule has 1 N–H and O–H groups in total. The Hall–Kier alpha value is -1.54. The van der Waals surface area contributed by atoms with E-state index in [0.717, 1.165) is 61.3 Å². The quantitative estimate of drug-likeness (QED) is 0.588. The Morgan fingerprint density at radius 2 is 2.00 bits per heavy atom. The molecule has 1 atom stereocenters. The molecule has 7 heteroatoms. The van der Waals surface area contributed by atoms with E-state index in [-0.39, 0.29) is 6.61 Å². The van der Waals surface area contributed by atoms with Crippen LogP contribution >= 0.6 is 11.8 Å². The Labute approximate surface area is 159 Å². The summed E-state index contributed by atoms with van der Waals surface area (Å²) in [7, 11) is 0. The Kier molecular flexibility index (Phi) is 6.96. The first-order valence-corrected chi connectivity index (χ1v) is 10.2. The minimum Gasteiger partial charge on any atom is -0.396 e. The first kappa shape index (κ1) is 19.2. The zero-order valence-electron chi connectivity index (χ0n) is 15.5. The lowest BCUT2D eigenvalue weighted by Crippen LogP contribution is -2.52. The van der Waals surface area contributed by atoms with Crippen LogP contribution in [0.1, 0.15) is 23.4 Å². The maximum atomic E-state index is 9.50. The van der Waals surface area contributed by atoms with Gasteiger partial charge in [-0.15, -0.1) is 0 Å². The van der Waals surface area contributed by atoms with Gasteiger partial charge in [0.15, 0.2) is 5.16 Å². The molecule has 26 heavy (non-hydrogen) atoms. The Bertz CT molecular complexity index is 697. The number of piperazine rings is 1. The summed E-state index contributed by atoms with van der Waals surface area (Å²) in [5.74, 6) is 0. The van der Waals surface area contributed by atoms with Crippen LogP contribution in [0.5, 0.6) is 0 Å². The van der Waals surface area contributed by atoms with Crippen molar-refractivity contribution in [2.75, 3.05) is 32.5 Å². The number of pyridine rings is 1. The third kappa shape index (κ3) is 5.23. The first-order valence-electron chi connectivity index (χ1n) is 9.02.